The van der Waals surface area contributed by atoms with Gasteiger partial charge in [0.2, 0.25) is 0 Å². The number of hydrogen-bond donors (Lipinski definition) is 2. The van der Waals surface area contributed by atoms with E-state index >= 15 is 0 Å². The standard InChI is InChI=1S/C17H20F3N3O3S/c1-4-25-12-7-6-11(8-13(12)26-5-2)10(3)21-15(24)23-16-22-14(9-27-16)17(18,19)20/h6-10H,4-5H2,1-3H3,(H2,21,22,23,24). The molecule has 1 aromatic heterocycles. The first-order valence-corrected chi connectivity index (χ1v) is 9.12. The van der Waals surface area contributed by atoms with Gasteiger partial charge in [0.15, 0.2) is 22.3 Å². The van der Waals surface area contributed by atoms with Crippen LogP contribution in [0.25, 0.3) is 0 Å². The third-order valence-electron chi connectivity index (χ3n) is 3.43. The third kappa shape index (κ3) is 5.75. The lowest BCUT2D eigenvalue weighted by atomic mass is 10.1. The number of halogens is 3. The van der Waals surface area contributed by atoms with Crippen molar-refractivity contribution in [1.82, 2.24) is 10.3 Å². The monoisotopic (exact) mass is 403 g/mol. The summed E-state index contributed by atoms with van der Waals surface area (Å²) in [7, 11) is 0. The predicted molar refractivity (Wildman–Crippen MR) is 96.5 cm³/mol. The average molecular weight is 403 g/mol. The van der Waals surface area contributed by atoms with Gasteiger partial charge in [-0.25, -0.2) is 9.78 Å². The molecule has 0 radical (unpaired) electrons. The van der Waals surface area contributed by atoms with Crippen molar-refractivity contribution in [2.45, 2.75) is 33.0 Å². The largest absolute Gasteiger partial charge is 0.490 e. The van der Waals surface area contributed by atoms with E-state index in [-0.39, 0.29) is 5.13 Å². The minimum Gasteiger partial charge on any atom is -0.490 e. The second kappa shape index (κ2) is 8.94. The van der Waals surface area contributed by atoms with Gasteiger partial charge in [0.05, 0.1) is 19.3 Å². The number of nitrogens with zero attached hydrogens (tertiary/aromatic N) is 1. The molecular formula is C17H20F3N3O3S. The molecule has 1 aromatic carbocycles. The number of rotatable bonds is 7. The highest BCUT2D eigenvalue weighted by Crippen LogP contribution is 2.32. The summed E-state index contributed by atoms with van der Waals surface area (Å²) >= 11 is 0.705. The second-order valence-electron chi connectivity index (χ2n) is 5.43. The van der Waals surface area contributed by atoms with Crippen LogP contribution >= 0.6 is 11.3 Å². The Bertz CT molecular complexity index is 780. The van der Waals surface area contributed by atoms with E-state index in [2.05, 4.69) is 15.6 Å². The maximum atomic E-state index is 12.6. The molecule has 0 aliphatic heterocycles. The highest BCUT2D eigenvalue weighted by Gasteiger charge is 2.33. The molecule has 1 heterocycles. The number of carbonyl (C=O) groups is 1. The van der Waals surface area contributed by atoms with Crippen LogP contribution in [0, 0.1) is 0 Å². The maximum Gasteiger partial charge on any atom is 0.434 e. The van der Waals surface area contributed by atoms with Gasteiger partial charge in [0.1, 0.15) is 0 Å². The number of urea groups is 1. The molecule has 1 unspecified atom stereocenters. The van der Waals surface area contributed by atoms with Crippen molar-refractivity contribution in [3.05, 3.63) is 34.8 Å². The van der Waals surface area contributed by atoms with Crippen LogP contribution in [0.4, 0.5) is 23.1 Å². The van der Waals surface area contributed by atoms with Crippen LogP contribution in [0.15, 0.2) is 23.6 Å². The van der Waals surface area contributed by atoms with Crippen LogP contribution in [0.3, 0.4) is 0 Å². The number of aromatic nitrogens is 1. The molecule has 148 valence electrons. The molecule has 2 rings (SSSR count). The van der Waals surface area contributed by atoms with E-state index in [4.69, 9.17) is 9.47 Å². The van der Waals surface area contributed by atoms with Crippen LogP contribution in [0.5, 0.6) is 11.5 Å². The van der Waals surface area contributed by atoms with Crippen molar-refractivity contribution < 1.29 is 27.4 Å². The fraction of sp³-hybridized carbons (Fsp3) is 0.412. The first-order chi connectivity index (χ1) is 12.7. The number of thiazole rings is 1. The highest BCUT2D eigenvalue weighted by molar-refractivity contribution is 7.13. The summed E-state index contributed by atoms with van der Waals surface area (Å²) in [6, 6.07) is 4.21. The number of hydrogen-bond acceptors (Lipinski definition) is 5. The molecule has 0 bridgehead atoms. The molecule has 27 heavy (non-hydrogen) atoms. The van der Waals surface area contributed by atoms with Gasteiger partial charge in [-0.05, 0) is 38.5 Å². The number of anilines is 1. The molecule has 2 N–H and O–H groups in total. The summed E-state index contributed by atoms with van der Waals surface area (Å²) < 4.78 is 48.7. The molecule has 2 amide bonds. The van der Waals surface area contributed by atoms with Gasteiger partial charge in [-0.3, -0.25) is 5.32 Å². The third-order valence-corrected chi connectivity index (χ3v) is 4.19. The van der Waals surface area contributed by atoms with Gasteiger partial charge in [0, 0.05) is 5.38 Å². The maximum absolute atomic E-state index is 12.6. The molecule has 10 heteroatoms. The number of alkyl halides is 3. The zero-order valence-electron chi connectivity index (χ0n) is 15.0. The zero-order valence-corrected chi connectivity index (χ0v) is 15.8. The Morgan fingerprint density at radius 2 is 1.89 bits per heavy atom. The fourth-order valence-electron chi connectivity index (χ4n) is 2.21. The van der Waals surface area contributed by atoms with E-state index in [0.717, 1.165) is 10.9 Å². The van der Waals surface area contributed by atoms with Crippen molar-refractivity contribution >= 4 is 22.5 Å². The smallest absolute Gasteiger partial charge is 0.434 e. The van der Waals surface area contributed by atoms with Crippen molar-refractivity contribution in [2.24, 2.45) is 0 Å². The Labute approximate surface area is 158 Å². The molecule has 1 atom stereocenters. The molecule has 0 fully saturated rings. The van der Waals surface area contributed by atoms with Gasteiger partial charge in [-0.2, -0.15) is 13.2 Å². The minimum atomic E-state index is -4.54. The lowest BCUT2D eigenvalue weighted by Gasteiger charge is -2.17. The van der Waals surface area contributed by atoms with Crippen LogP contribution < -0.4 is 20.1 Å². The van der Waals surface area contributed by atoms with Crippen LogP contribution in [0.2, 0.25) is 0 Å². The molecule has 0 spiro atoms. The van der Waals surface area contributed by atoms with Crippen molar-refractivity contribution in [1.29, 1.82) is 0 Å². The fourth-order valence-corrected chi connectivity index (χ4v) is 2.92. The summed E-state index contributed by atoms with van der Waals surface area (Å²) in [5, 5.41) is 5.68. The molecule has 2 aromatic rings. The Kier molecular flexibility index (Phi) is 6.89. The number of ether oxygens (including phenoxy) is 2. The Hall–Kier alpha value is -2.49. The number of benzene rings is 1. The second-order valence-corrected chi connectivity index (χ2v) is 6.29. The first kappa shape index (κ1) is 20.8. The normalized spacial score (nSPS) is 12.4. The summed E-state index contributed by atoms with van der Waals surface area (Å²) in [5.41, 5.74) is -0.282. The molecule has 0 aliphatic rings. The van der Waals surface area contributed by atoms with Crippen molar-refractivity contribution in [2.75, 3.05) is 18.5 Å². The highest BCUT2D eigenvalue weighted by atomic mass is 32.1. The predicted octanol–water partition coefficient (Wildman–Crippen LogP) is 4.84. The Balaban J connectivity index is 2.03. The Morgan fingerprint density at radius 1 is 1.22 bits per heavy atom. The van der Waals surface area contributed by atoms with Crippen LogP contribution in [-0.2, 0) is 6.18 Å². The van der Waals surface area contributed by atoms with Gasteiger partial charge in [-0.1, -0.05) is 6.07 Å². The zero-order chi connectivity index (χ0) is 20.0. The van der Waals surface area contributed by atoms with Gasteiger partial charge in [-0.15, -0.1) is 11.3 Å². The van der Waals surface area contributed by atoms with Gasteiger partial charge < -0.3 is 14.8 Å². The minimum absolute atomic E-state index is 0.131. The summed E-state index contributed by atoms with van der Waals surface area (Å²) in [6.07, 6.45) is -4.54. The summed E-state index contributed by atoms with van der Waals surface area (Å²) in [4.78, 5) is 15.4. The van der Waals surface area contributed by atoms with Crippen molar-refractivity contribution in [3.63, 3.8) is 0 Å². The lowest BCUT2D eigenvalue weighted by molar-refractivity contribution is -0.140. The van der Waals surface area contributed by atoms with Gasteiger partial charge >= 0.3 is 12.2 Å². The van der Waals surface area contributed by atoms with Crippen LogP contribution in [0.1, 0.15) is 38.1 Å². The first-order valence-electron chi connectivity index (χ1n) is 8.24. The van der Waals surface area contributed by atoms with E-state index in [9.17, 15) is 18.0 Å². The van der Waals surface area contributed by atoms with Gasteiger partial charge in [0.25, 0.3) is 0 Å². The molecule has 0 saturated heterocycles. The topological polar surface area (TPSA) is 72.5 Å². The van der Waals surface area contributed by atoms with E-state index in [1.807, 2.05) is 13.8 Å². The molecule has 0 aliphatic carbocycles. The molecular weight excluding hydrogens is 383 g/mol. The summed E-state index contributed by atoms with van der Waals surface area (Å²) in [5.74, 6) is 1.16. The number of carbonyl (C=O) groups excluding carboxylic acids is 1. The van der Waals surface area contributed by atoms with E-state index in [1.165, 1.54) is 0 Å². The number of amides is 2. The van der Waals surface area contributed by atoms with Crippen molar-refractivity contribution in [3.8, 4) is 11.5 Å². The SMILES string of the molecule is CCOc1ccc(C(C)NC(=O)Nc2nc(C(F)(F)F)cs2)cc1OCC. The average Bonchev–Trinajstić information content (AvgIpc) is 3.05. The quantitative estimate of drug-likeness (QED) is 0.694. The number of nitrogens with one attached hydrogen (secondary N) is 2. The molecule has 0 saturated carbocycles. The lowest BCUT2D eigenvalue weighted by Crippen LogP contribution is -2.31. The van der Waals surface area contributed by atoms with Crippen LogP contribution in [-0.4, -0.2) is 24.2 Å². The van der Waals surface area contributed by atoms with E-state index in [1.54, 1.807) is 25.1 Å². The summed E-state index contributed by atoms with van der Waals surface area (Å²) in [6.45, 7) is 6.40. The van der Waals surface area contributed by atoms with E-state index < -0.39 is 23.9 Å². The van der Waals surface area contributed by atoms with E-state index in [0.29, 0.717) is 36.0 Å². The Morgan fingerprint density at radius 3 is 2.48 bits per heavy atom. The molecule has 6 nitrogen and oxygen atoms in total.